The van der Waals surface area contributed by atoms with Crippen LogP contribution in [0, 0.1) is 5.92 Å². The van der Waals surface area contributed by atoms with Gasteiger partial charge in [0.2, 0.25) is 11.8 Å². The van der Waals surface area contributed by atoms with Crippen molar-refractivity contribution in [1.82, 2.24) is 19.8 Å². The van der Waals surface area contributed by atoms with E-state index in [4.69, 9.17) is 0 Å². The number of aryl methyl sites for hydroxylation is 1. The van der Waals surface area contributed by atoms with Crippen molar-refractivity contribution in [3.63, 3.8) is 0 Å². The Morgan fingerprint density at radius 2 is 1.92 bits per heavy atom. The van der Waals surface area contributed by atoms with E-state index in [0.717, 1.165) is 31.8 Å². The molecule has 2 fully saturated rings. The maximum Gasteiger partial charge on any atom is 0.222 e. The van der Waals surface area contributed by atoms with Crippen LogP contribution >= 0.6 is 0 Å². The fraction of sp³-hybridized carbons (Fsp3) is 0.750. The molecule has 2 amide bonds. The molecule has 1 aliphatic carbocycles. The van der Waals surface area contributed by atoms with Gasteiger partial charge >= 0.3 is 0 Å². The second-order valence-corrected chi connectivity index (χ2v) is 7.70. The van der Waals surface area contributed by atoms with E-state index in [0.29, 0.717) is 31.8 Å². The topological polar surface area (TPSA) is 67.2 Å². The first-order valence-corrected chi connectivity index (χ1v) is 10.3. The van der Waals surface area contributed by atoms with Crippen LogP contribution < -0.4 is 5.32 Å². The third-order valence-electron chi connectivity index (χ3n) is 5.83. The highest BCUT2D eigenvalue weighted by Gasteiger charge is 2.35. The lowest BCUT2D eigenvalue weighted by Gasteiger charge is -2.44. The number of imidazole rings is 1. The lowest BCUT2D eigenvalue weighted by molar-refractivity contribution is -0.137. The van der Waals surface area contributed by atoms with Gasteiger partial charge in [-0.25, -0.2) is 4.98 Å². The van der Waals surface area contributed by atoms with E-state index in [-0.39, 0.29) is 11.8 Å². The Morgan fingerprint density at radius 3 is 2.77 bits per heavy atom. The predicted molar refractivity (Wildman–Crippen MR) is 100 cm³/mol. The zero-order chi connectivity index (χ0) is 18.2. The Labute approximate surface area is 156 Å². The molecule has 1 aliphatic heterocycles. The van der Waals surface area contributed by atoms with Crippen LogP contribution in [-0.4, -0.2) is 45.4 Å². The van der Waals surface area contributed by atoms with Gasteiger partial charge in [-0.2, -0.15) is 0 Å². The van der Waals surface area contributed by atoms with Gasteiger partial charge in [0, 0.05) is 50.9 Å². The van der Waals surface area contributed by atoms with Crippen LogP contribution in [0.4, 0.5) is 0 Å². The summed E-state index contributed by atoms with van der Waals surface area (Å²) in [7, 11) is 0. The second kappa shape index (κ2) is 9.74. The number of nitrogens with zero attached hydrogens (tertiary/aromatic N) is 3. The highest BCUT2D eigenvalue weighted by Crippen LogP contribution is 2.35. The van der Waals surface area contributed by atoms with Crippen LogP contribution in [0.5, 0.6) is 0 Å². The minimum Gasteiger partial charge on any atom is -0.356 e. The lowest BCUT2D eigenvalue weighted by Crippen LogP contribution is -2.49. The van der Waals surface area contributed by atoms with E-state index in [1.807, 2.05) is 10.8 Å². The van der Waals surface area contributed by atoms with Crippen molar-refractivity contribution in [2.24, 2.45) is 5.92 Å². The molecule has 1 N–H and O–H groups in total. The number of fused-ring (bicyclic) bond motifs is 1. The molecule has 0 spiro atoms. The number of hydrogen-bond acceptors (Lipinski definition) is 3. The molecule has 0 radical (unpaired) electrons. The number of rotatable bonds is 8. The number of hydrogen-bond donors (Lipinski definition) is 1. The van der Waals surface area contributed by atoms with Crippen LogP contribution in [0.2, 0.25) is 0 Å². The van der Waals surface area contributed by atoms with Gasteiger partial charge < -0.3 is 14.8 Å². The van der Waals surface area contributed by atoms with E-state index in [1.54, 1.807) is 12.5 Å². The number of likely N-dealkylation sites (tertiary alicyclic amines) is 1. The summed E-state index contributed by atoms with van der Waals surface area (Å²) in [5.41, 5.74) is 0. The molecule has 1 aromatic heterocycles. The Kier molecular flexibility index (Phi) is 7.09. The van der Waals surface area contributed by atoms with Gasteiger partial charge in [0.15, 0.2) is 0 Å². The summed E-state index contributed by atoms with van der Waals surface area (Å²) in [6.45, 7) is 2.44. The normalized spacial score (nSPS) is 22.7. The molecule has 1 saturated carbocycles. The maximum absolute atomic E-state index is 12.6. The number of piperidine rings is 1. The van der Waals surface area contributed by atoms with E-state index in [2.05, 4.69) is 15.2 Å². The molecule has 2 aliphatic rings. The van der Waals surface area contributed by atoms with Crippen molar-refractivity contribution in [2.45, 2.75) is 76.8 Å². The van der Waals surface area contributed by atoms with Crippen molar-refractivity contribution in [2.75, 3.05) is 13.1 Å². The summed E-state index contributed by atoms with van der Waals surface area (Å²) in [5, 5.41) is 2.95. The molecular formula is C20H32N4O2. The summed E-state index contributed by atoms with van der Waals surface area (Å²) in [5.74, 6) is 1.03. The van der Waals surface area contributed by atoms with Crippen molar-refractivity contribution >= 4 is 11.8 Å². The van der Waals surface area contributed by atoms with Gasteiger partial charge in [0.05, 0.1) is 6.33 Å². The summed E-state index contributed by atoms with van der Waals surface area (Å²) in [6.07, 6.45) is 15.4. The van der Waals surface area contributed by atoms with Crippen molar-refractivity contribution < 1.29 is 9.59 Å². The van der Waals surface area contributed by atoms with Crippen molar-refractivity contribution in [1.29, 1.82) is 0 Å². The minimum absolute atomic E-state index is 0.0534. The molecule has 6 heteroatoms. The van der Waals surface area contributed by atoms with Gasteiger partial charge in [-0.1, -0.05) is 12.8 Å². The number of amides is 2. The van der Waals surface area contributed by atoms with Gasteiger partial charge in [0.1, 0.15) is 0 Å². The average Bonchev–Trinajstić information content (AvgIpc) is 3.18. The third-order valence-corrected chi connectivity index (χ3v) is 5.83. The minimum atomic E-state index is 0.0534. The van der Waals surface area contributed by atoms with Crippen molar-refractivity contribution in [3.05, 3.63) is 18.7 Å². The summed E-state index contributed by atoms with van der Waals surface area (Å²) in [6, 6.07) is 0.474. The largest absolute Gasteiger partial charge is 0.356 e. The molecule has 3 rings (SSSR count). The average molecular weight is 361 g/mol. The van der Waals surface area contributed by atoms with Gasteiger partial charge in [-0.15, -0.1) is 0 Å². The second-order valence-electron chi connectivity index (χ2n) is 7.70. The Morgan fingerprint density at radius 1 is 1.08 bits per heavy atom. The molecule has 1 aromatic rings. The fourth-order valence-electron chi connectivity index (χ4n) is 4.48. The first-order chi connectivity index (χ1) is 12.7. The monoisotopic (exact) mass is 360 g/mol. The predicted octanol–water partition coefficient (Wildman–Crippen LogP) is 2.74. The summed E-state index contributed by atoms with van der Waals surface area (Å²) >= 11 is 0. The third kappa shape index (κ3) is 5.32. The molecule has 2 atom stereocenters. The number of carbonyl (C=O) groups is 2. The van der Waals surface area contributed by atoms with E-state index < -0.39 is 0 Å². The van der Waals surface area contributed by atoms with Gasteiger partial charge in [0.25, 0.3) is 0 Å². The molecule has 2 unspecified atom stereocenters. The zero-order valence-electron chi connectivity index (χ0n) is 15.7. The Hall–Kier alpha value is -1.85. The first-order valence-electron chi connectivity index (χ1n) is 10.3. The Bertz CT molecular complexity index is 570. The molecule has 0 aromatic carbocycles. The van der Waals surface area contributed by atoms with Gasteiger partial charge in [-0.05, 0) is 44.4 Å². The standard InChI is InChI=1S/C20H32N4O2/c25-19(22-11-5-13-23-15-12-21-16-23)9-3-10-20(26)24-14-4-7-17-6-1-2-8-18(17)24/h12,15-18H,1-11,13-14H2,(H,22,25). The zero-order valence-corrected chi connectivity index (χ0v) is 15.7. The van der Waals surface area contributed by atoms with Crippen LogP contribution in [0.1, 0.15) is 64.2 Å². The lowest BCUT2D eigenvalue weighted by atomic mass is 9.78. The number of aromatic nitrogens is 2. The van der Waals surface area contributed by atoms with Gasteiger partial charge in [-0.3, -0.25) is 9.59 Å². The molecule has 0 bridgehead atoms. The van der Waals surface area contributed by atoms with Crippen molar-refractivity contribution in [3.8, 4) is 0 Å². The first kappa shape index (κ1) is 18.9. The maximum atomic E-state index is 12.6. The van der Waals surface area contributed by atoms with Crippen LogP contribution in [-0.2, 0) is 16.1 Å². The smallest absolute Gasteiger partial charge is 0.222 e. The van der Waals surface area contributed by atoms with E-state index in [9.17, 15) is 9.59 Å². The molecule has 1 saturated heterocycles. The SMILES string of the molecule is O=C(CCCC(=O)N1CCCC2CCCCC21)NCCCn1ccnc1. The number of nitrogens with one attached hydrogen (secondary N) is 1. The highest BCUT2D eigenvalue weighted by molar-refractivity contribution is 5.79. The number of carbonyl (C=O) groups excluding carboxylic acids is 2. The highest BCUT2D eigenvalue weighted by atomic mass is 16.2. The van der Waals surface area contributed by atoms with Crippen LogP contribution in [0.25, 0.3) is 0 Å². The molecule has 26 heavy (non-hydrogen) atoms. The van der Waals surface area contributed by atoms with E-state index >= 15 is 0 Å². The Balaban J connectivity index is 1.29. The molecular weight excluding hydrogens is 328 g/mol. The quantitative estimate of drug-likeness (QED) is 0.725. The molecule has 6 nitrogen and oxygen atoms in total. The van der Waals surface area contributed by atoms with Crippen LogP contribution in [0.3, 0.4) is 0 Å². The summed E-state index contributed by atoms with van der Waals surface area (Å²) < 4.78 is 2.00. The molecule has 2 heterocycles. The van der Waals surface area contributed by atoms with E-state index in [1.165, 1.54) is 32.1 Å². The fourth-order valence-corrected chi connectivity index (χ4v) is 4.48. The van der Waals surface area contributed by atoms with Crippen LogP contribution in [0.15, 0.2) is 18.7 Å². The summed E-state index contributed by atoms with van der Waals surface area (Å²) in [4.78, 5) is 30.7. The molecule has 144 valence electrons.